The summed E-state index contributed by atoms with van der Waals surface area (Å²) in [4.78, 5) is 27.0. The van der Waals surface area contributed by atoms with Crippen molar-refractivity contribution in [2.75, 3.05) is 25.1 Å². The second-order valence-corrected chi connectivity index (χ2v) is 6.38. The van der Waals surface area contributed by atoms with Crippen molar-refractivity contribution in [3.63, 3.8) is 0 Å². The molecule has 3 aromatic heterocycles. The number of esters is 1. The van der Waals surface area contributed by atoms with Crippen LogP contribution in [0.2, 0.25) is 0 Å². The zero-order valence-electron chi connectivity index (χ0n) is 14.7. The average Bonchev–Trinajstić information content (AvgIpc) is 3.28. The quantitative estimate of drug-likeness (QED) is 0.683. The number of carbonyl (C=O) groups is 1. The summed E-state index contributed by atoms with van der Waals surface area (Å²) in [5.74, 6) is 2.38. The van der Waals surface area contributed by atoms with Crippen LogP contribution in [0.3, 0.4) is 0 Å². The van der Waals surface area contributed by atoms with E-state index in [1.54, 1.807) is 6.20 Å². The van der Waals surface area contributed by atoms with E-state index < -0.39 is 0 Å². The smallest absolute Gasteiger partial charge is 0.327 e. The molecular weight excluding hydrogens is 336 g/mol. The Hall–Kier alpha value is -3.04. The zero-order chi connectivity index (χ0) is 18.1. The molecule has 0 aromatic carbocycles. The number of hydrogen-bond acceptors (Lipinski definition) is 8. The molecule has 0 aliphatic carbocycles. The van der Waals surface area contributed by atoms with Crippen LogP contribution < -0.4 is 4.90 Å². The second kappa shape index (κ2) is 6.70. The van der Waals surface area contributed by atoms with Gasteiger partial charge < -0.3 is 9.64 Å². The molecule has 0 amide bonds. The average molecular weight is 356 g/mol. The van der Waals surface area contributed by atoms with Crippen molar-refractivity contribution in [1.29, 1.82) is 0 Å². The molecule has 1 unspecified atom stereocenters. The number of piperidine rings is 1. The SMILES string of the molecule is COC(=O)Cn1ncc2c(N3CCCC(c4n[nH]c(C)n4)C3)ncnc21. The van der Waals surface area contributed by atoms with E-state index in [0.717, 1.165) is 48.8 Å². The van der Waals surface area contributed by atoms with Gasteiger partial charge in [0.1, 0.15) is 24.5 Å². The van der Waals surface area contributed by atoms with Crippen LogP contribution in [0.25, 0.3) is 11.0 Å². The van der Waals surface area contributed by atoms with E-state index in [9.17, 15) is 4.79 Å². The number of ether oxygens (including phenoxy) is 1. The third-order valence-electron chi connectivity index (χ3n) is 4.62. The number of H-pyrrole nitrogens is 1. The number of carbonyl (C=O) groups excluding carboxylic acids is 1. The van der Waals surface area contributed by atoms with Crippen LogP contribution >= 0.6 is 0 Å². The Balaban J connectivity index is 1.62. The van der Waals surface area contributed by atoms with Gasteiger partial charge in [-0.1, -0.05) is 0 Å². The topological polar surface area (TPSA) is 115 Å². The van der Waals surface area contributed by atoms with Gasteiger partial charge in [0.25, 0.3) is 0 Å². The Morgan fingerprint density at radius 1 is 1.42 bits per heavy atom. The summed E-state index contributed by atoms with van der Waals surface area (Å²) in [6, 6.07) is 0. The molecule has 3 aromatic rings. The standard InChI is InChI=1S/C16H20N8O2/c1-10-20-14(22-21-10)11-4-3-5-23(7-11)15-12-6-19-24(8-13(25)26-2)16(12)18-9-17-15/h6,9,11H,3-5,7-8H2,1-2H3,(H,20,21,22). The molecule has 1 fully saturated rings. The van der Waals surface area contributed by atoms with Crippen LogP contribution in [0.1, 0.15) is 30.4 Å². The van der Waals surface area contributed by atoms with Crippen LogP contribution in [-0.2, 0) is 16.1 Å². The number of anilines is 1. The molecule has 0 radical (unpaired) electrons. The van der Waals surface area contributed by atoms with E-state index in [4.69, 9.17) is 4.74 Å². The fraction of sp³-hybridized carbons (Fsp3) is 0.500. The van der Waals surface area contributed by atoms with Gasteiger partial charge >= 0.3 is 5.97 Å². The lowest BCUT2D eigenvalue weighted by Crippen LogP contribution is -2.35. The Morgan fingerprint density at radius 2 is 2.31 bits per heavy atom. The normalized spacial score (nSPS) is 17.6. The van der Waals surface area contributed by atoms with Gasteiger partial charge in [-0.05, 0) is 19.8 Å². The molecule has 0 saturated carbocycles. The number of rotatable bonds is 4. The summed E-state index contributed by atoms with van der Waals surface area (Å²) in [5.41, 5.74) is 0.622. The van der Waals surface area contributed by atoms with Gasteiger partial charge in [-0.15, -0.1) is 0 Å². The predicted octanol–water partition coefficient (Wildman–Crippen LogP) is 0.810. The van der Waals surface area contributed by atoms with Gasteiger partial charge in [-0.25, -0.2) is 19.6 Å². The Morgan fingerprint density at radius 3 is 3.08 bits per heavy atom. The summed E-state index contributed by atoms with van der Waals surface area (Å²) in [7, 11) is 1.35. The largest absolute Gasteiger partial charge is 0.468 e. The van der Waals surface area contributed by atoms with Gasteiger partial charge in [0, 0.05) is 19.0 Å². The first kappa shape index (κ1) is 16.4. The third kappa shape index (κ3) is 2.98. The molecule has 10 nitrogen and oxygen atoms in total. The molecular formula is C16H20N8O2. The minimum atomic E-state index is -0.367. The minimum absolute atomic E-state index is 0.0234. The van der Waals surface area contributed by atoms with Crippen molar-refractivity contribution < 1.29 is 9.53 Å². The maximum atomic E-state index is 11.6. The molecule has 1 aliphatic heterocycles. The van der Waals surface area contributed by atoms with E-state index in [-0.39, 0.29) is 18.4 Å². The molecule has 4 heterocycles. The molecule has 1 atom stereocenters. The van der Waals surface area contributed by atoms with E-state index in [1.807, 2.05) is 6.92 Å². The van der Waals surface area contributed by atoms with Crippen molar-refractivity contribution >= 4 is 22.8 Å². The van der Waals surface area contributed by atoms with Crippen LogP contribution in [-0.4, -0.2) is 61.1 Å². The number of aromatic amines is 1. The first-order chi connectivity index (χ1) is 12.7. The van der Waals surface area contributed by atoms with E-state index in [1.165, 1.54) is 18.1 Å². The predicted molar refractivity (Wildman–Crippen MR) is 92.6 cm³/mol. The summed E-state index contributed by atoms with van der Waals surface area (Å²) in [6.45, 7) is 3.61. The maximum absolute atomic E-state index is 11.6. The highest BCUT2D eigenvalue weighted by Gasteiger charge is 2.27. The fourth-order valence-electron chi connectivity index (χ4n) is 3.36. The number of fused-ring (bicyclic) bond motifs is 1. The minimum Gasteiger partial charge on any atom is -0.468 e. The second-order valence-electron chi connectivity index (χ2n) is 6.38. The lowest BCUT2D eigenvalue weighted by molar-refractivity contribution is -0.141. The van der Waals surface area contributed by atoms with Crippen molar-refractivity contribution in [2.45, 2.75) is 32.2 Å². The van der Waals surface area contributed by atoms with Crippen LogP contribution in [0.5, 0.6) is 0 Å². The number of nitrogens with one attached hydrogen (secondary N) is 1. The molecule has 26 heavy (non-hydrogen) atoms. The number of nitrogens with zero attached hydrogens (tertiary/aromatic N) is 7. The van der Waals surface area contributed by atoms with Gasteiger partial charge in [-0.2, -0.15) is 10.2 Å². The van der Waals surface area contributed by atoms with Gasteiger partial charge in [-0.3, -0.25) is 9.89 Å². The van der Waals surface area contributed by atoms with Crippen molar-refractivity contribution in [3.05, 3.63) is 24.2 Å². The highest BCUT2D eigenvalue weighted by Crippen LogP contribution is 2.30. The monoisotopic (exact) mass is 356 g/mol. The van der Waals surface area contributed by atoms with Gasteiger partial charge in [0.05, 0.1) is 18.7 Å². The lowest BCUT2D eigenvalue weighted by Gasteiger charge is -2.32. The first-order valence-corrected chi connectivity index (χ1v) is 8.53. The Bertz CT molecular complexity index is 933. The molecule has 10 heteroatoms. The maximum Gasteiger partial charge on any atom is 0.327 e. The van der Waals surface area contributed by atoms with Crippen LogP contribution in [0.4, 0.5) is 5.82 Å². The molecule has 1 N–H and O–H groups in total. The molecule has 136 valence electrons. The summed E-state index contributed by atoms with van der Waals surface area (Å²) >= 11 is 0. The van der Waals surface area contributed by atoms with Crippen molar-refractivity contribution in [1.82, 2.24) is 34.9 Å². The third-order valence-corrected chi connectivity index (χ3v) is 4.62. The van der Waals surface area contributed by atoms with Crippen molar-refractivity contribution in [3.8, 4) is 0 Å². The van der Waals surface area contributed by atoms with Gasteiger partial charge in [0.15, 0.2) is 11.5 Å². The number of aryl methyl sites for hydroxylation is 1. The van der Waals surface area contributed by atoms with E-state index in [2.05, 4.69) is 35.1 Å². The highest BCUT2D eigenvalue weighted by atomic mass is 16.5. The van der Waals surface area contributed by atoms with Crippen molar-refractivity contribution in [2.24, 2.45) is 0 Å². The molecule has 0 spiro atoms. The number of aromatic nitrogens is 7. The highest BCUT2D eigenvalue weighted by molar-refractivity contribution is 5.87. The van der Waals surface area contributed by atoms with E-state index >= 15 is 0 Å². The summed E-state index contributed by atoms with van der Waals surface area (Å²) < 4.78 is 6.25. The summed E-state index contributed by atoms with van der Waals surface area (Å²) in [6.07, 6.45) is 5.28. The van der Waals surface area contributed by atoms with Crippen LogP contribution in [0.15, 0.2) is 12.5 Å². The van der Waals surface area contributed by atoms with Gasteiger partial charge in [0.2, 0.25) is 0 Å². The number of methoxy groups -OCH3 is 1. The first-order valence-electron chi connectivity index (χ1n) is 8.53. The fourth-order valence-corrected chi connectivity index (χ4v) is 3.36. The Kier molecular flexibility index (Phi) is 4.23. The molecule has 1 aliphatic rings. The molecule has 0 bridgehead atoms. The summed E-state index contributed by atoms with van der Waals surface area (Å²) in [5, 5.41) is 12.3. The van der Waals surface area contributed by atoms with E-state index in [0.29, 0.717) is 5.65 Å². The molecule has 4 rings (SSSR count). The number of hydrogen-bond donors (Lipinski definition) is 1. The molecule has 1 saturated heterocycles. The Labute approximate surface area is 149 Å². The van der Waals surface area contributed by atoms with Crippen LogP contribution in [0, 0.1) is 6.92 Å². The zero-order valence-corrected chi connectivity index (χ0v) is 14.7. The lowest BCUT2D eigenvalue weighted by atomic mass is 9.97.